The van der Waals surface area contributed by atoms with E-state index in [9.17, 15) is 0 Å². The Hall–Kier alpha value is -1.31. The van der Waals surface area contributed by atoms with Crippen molar-refractivity contribution in [3.63, 3.8) is 0 Å². The molecule has 0 bridgehead atoms. The molecule has 4 rings (SSSR count). The lowest BCUT2D eigenvalue weighted by Crippen LogP contribution is -2.31. The fourth-order valence-corrected chi connectivity index (χ4v) is 4.29. The first-order valence-electron chi connectivity index (χ1n) is 8.92. The Balaban J connectivity index is 1.43. The van der Waals surface area contributed by atoms with E-state index >= 15 is 0 Å². The Morgan fingerprint density at radius 2 is 1.88 bits per heavy atom. The summed E-state index contributed by atoms with van der Waals surface area (Å²) in [4.78, 5) is 8.20. The second kappa shape index (κ2) is 8.38. The summed E-state index contributed by atoms with van der Waals surface area (Å²) in [5.41, 5.74) is 1.33. The average molecular weight is 360 g/mol. The van der Waals surface area contributed by atoms with E-state index in [1.165, 1.54) is 16.9 Å². The standard InChI is InChI=1S/C19H24N2O3S/c1-2-5-15(6-3-1)12-21(13-16-7-4-8-22-16)14-17-11-20-18(25-17)19-23-9-10-24-19/h1-3,5-6,11,16,19H,4,7-10,12-14H2. The predicted molar refractivity (Wildman–Crippen MR) is 96.3 cm³/mol. The molecule has 3 heterocycles. The zero-order chi connectivity index (χ0) is 16.9. The number of nitrogens with zero attached hydrogens (tertiary/aromatic N) is 2. The quantitative estimate of drug-likeness (QED) is 0.757. The summed E-state index contributed by atoms with van der Waals surface area (Å²) in [5, 5.41) is 0.921. The van der Waals surface area contributed by atoms with Gasteiger partial charge in [0.05, 0.1) is 19.3 Å². The predicted octanol–water partition coefficient (Wildman–Crippen LogP) is 3.37. The molecule has 6 heteroatoms. The Bertz CT molecular complexity index is 652. The monoisotopic (exact) mass is 360 g/mol. The van der Waals surface area contributed by atoms with Crippen LogP contribution in [-0.2, 0) is 27.3 Å². The Labute approximate surface area is 152 Å². The van der Waals surface area contributed by atoms with Gasteiger partial charge in [0.15, 0.2) is 0 Å². The van der Waals surface area contributed by atoms with E-state index in [1.807, 2.05) is 6.20 Å². The van der Waals surface area contributed by atoms with Gasteiger partial charge in [-0.1, -0.05) is 30.3 Å². The van der Waals surface area contributed by atoms with Crippen LogP contribution in [-0.4, -0.2) is 42.4 Å². The molecule has 0 aliphatic carbocycles. The van der Waals surface area contributed by atoms with Gasteiger partial charge in [-0.15, -0.1) is 11.3 Å². The van der Waals surface area contributed by atoms with Crippen LogP contribution in [0.1, 0.15) is 34.6 Å². The van der Waals surface area contributed by atoms with Gasteiger partial charge in [-0.3, -0.25) is 4.90 Å². The lowest BCUT2D eigenvalue weighted by atomic mass is 10.2. The van der Waals surface area contributed by atoms with Gasteiger partial charge in [-0.2, -0.15) is 0 Å². The van der Waals surface area contributed by atoms with Gasteiger partial charge >= 0.3 is 0 Å². The van der Waals surface area contributed by atoms with Gasteiger partial charge < -0.3 is 14.2 Å². The lowest BCUT2D eigenvalue weighted by Gasteiger charge is -2.24. The summed E-state index contributed by atoms with van der Waals surface area (Å²) in [7, 11) is 0. The van der Waals surface area contributed by atoms with Crippen LogP contribution < -0.4 is 0 Å². The molecule has 0 amide bonds. The van der Waals surface area contributed by atoms with E-state index < -0.39 is 0 Å². The van der Waals surface area contributed by atoms with E-state index in [0.717, 1.165) is 37.7 Å². The van der Waals surface area contributed by atoms with Crippen LogP contribution >= 0.6 is 11.3 Å². The molecule has 0 saturated carbocycles. The van der Waals surface area contributed by atoms with Gasteiger partial charge in [-0.25, -0.2) is 4.98 Å². The molecule has 1 aromatic carbocycles. The molecule has 1 atom stereocenters. The molecule has 134 valence electrons. The molecule has 2 fully saturated rings. The summed E-state index contributed by atoms with van der Waals surface area (Å²) >= 11 is 1.68. The van der Waals surface area contributed by atoms with E-state index in [-0.39, 0.29) is 6.29 Å². The highest BCUT2D eigenvalue weighted by molar-refractivity contribution is 7.11. The van der Waals surface area contributed by atoms with Crippen LogP contribution in [0.2, 0.25) is 0 Å². The van der Waals surface area contributed by atoms with Crippen molar-refractivity contribution < 1.29 is 14.2 Å². The third-order valence-corrected chi connectivity index (χ3v) is 5.51. The van der Waals surface area contributed by atoms with Crippen molar-refractivity contribution in [2.24, 2.45) is 0 Å². The van der Waals surface area contributed by atoms with Gasteiger partial charge in [0, 0.05) is 37.3 Å². The zero-order valence-corrected chi connectivity index (χ0v) is 15.1. The van der Waals surface area contributed by atoms with Crippen molar-refractivity contribution >= 4 is 11.3 Å². The topological polar surface area (TPSA) is 43.8 Å². The molecule has 0 N–H and O–H groups in total. The summed E-state index contributed by atoms with van der Waals surface area (Å²) in [6.45, 7) is 4.95. The third kappa shape index (κ3) is 4.65. The minimum absolute atomic E-state index is 0.278. The second-order valence-electron chi connectivity index (χ2n) is 6.53. The molecule has 5 nitrogen and oxygen atoms in total. The Morgan fingerprint density at radius 1 is 1.04 bits per heavy atom. The van der Waals surface area contributed by atoms with Gasteiger partial charge in [0.25, 0.3) is 0 Å². The second-order valence-corrected chi connectivity index (χ2v) is 7.68. The molecular formula is C19H24N2O3S. The van der Waals surface area contributed by atoms with Gasteiger partial charge in [0.1, 0.15) is 5.01 Å². The third-order valence-electron chi connectivity index (χ3n) is 4.51. The molecular weight excluding hydrogens is 336 g/mol. The number of ether oxygens (including phenoxy) is 3. The van der Waals surface area contributed by atoms with Crippen molar-refractivity contribution in [1.29, 1.82) is 0 Å². The first-order chi connectivity index (χ1) is 12.4. The maximum Gasteiger partial charge on any atom is 0.211 e. The van der Waals surface area contributed by atoms with Crippen molar-refractivity contribution in [2.45, 2.75) is 38.3 Å². The number of hydrogen-bond acceptors (Lipinski definition) is 6. The maximum absolute atomic E-state index is 5.85. The number of rotatable bonds is 7. The van der Waals surface area contributed by atoms with Gasteiger partial charge in [0.2, 0.25) is 6.29 Å². The smallest absolute Gasteiger partial charge is 0.211 e. The summed E-state index contributed by atoms with van der Waals surface area (Å²) in [6, 6.07) is 10.6. The molecule has 25 heavy (non-hydrogen) atoms. The molecule has 1 aromatic heterocycles. The Kier molecular flexibility index (Phi) is 5.74. The molecule has 2 aliphatic rings. The zero-order valence-electron chi connectivity index (χ0n) is 14.3. The molecule has 0 radical (unpaired) electrons. The maximum atomic E-state index is 5.85. The van der Waals surface area contributed by atoms with Crippen LogP contribution in [0.5, 0.6) is 0 Å². The molecule has 2 aromatic rings. The van der Waals surface area contributed by atoms with Crippen LogP contribution in [0, 0.1) is 0 Å². The SMILES string of the molecule is c1ccc(CN(Cc2cnc(C3OCCO3)s2)CC2CCCO2)cc1. The van der Waals surface area contributed by atoms with Crippen LogP contribution in [0.25, 0.3) is 0 Å². The largest absolute Gasteiger partial charge is 0.377 e. The first kappa shape index (κ1) is 17.1. The summed E-state index contributed by atoms with van der Waals surface area (Å²) in [6.07, 6.45) is 4.35. The van der Waals surface area contributed by atoms with E-state index in [0.29, 0.717) is 19.3 Å². The van der Waals surface area contributed by atoms with E-state index in [4.69, 9.17) is 14.2 Å². The van der Waals surface area contributed by atoms with Crippen LogP contribution in [0.3, 0.4) is 0 Å². The van der Waals surface area contributed by atoms with Crippen molar-refractivity contribution in [2.75, 3.05) is 26.4 Å². The van der Waals surface area contributed by atoms with E-state index in [2.05, 4.69) is 40.2 Å². The fraction of sp³-hybridized carbons (Fsp3) is 0.526. The molecule has 1 unspecified atom stereocenters. The van der Waals surface area contributed by atoms with Crippen LogP contribution in [0.4, 0.5) is 0 Å². The summed E-state index contributed by atoms with van der Waals surface area (Å²) < 4.78 is 17.0. The van der Waals surface area contributed by atoms with Gasteiger partial charge in [-0.05, 0) is 18.4 Å². The van der Waals surface area contributed by atoms with Crippen molar-refractivity contribution in [3.05, 3.63) is 52.0 Å². The van der Waals surface area contributed by atoms with Crippen molar-refractivity contribution in [1.82, 2.24) is 9.88 Å². The Morgan fingerprint density at radius 3 is 2.64 bits per heavy atom. The highest BCUT2D eigenvalue weighted by Crippen LogP contribution is 2.28. The normalized spacial score (nSPS) is 21.4. The fourth-order valence-electron chi connectivity index (χ4n) is 3.33. The van der Waals surface area contributed by atoms with Crippen LogP contribution in [0.15, 0.2) is 36.5 Å². The number of hydrogen-bond donors (Lipinski definition) is 0. The lowest BCUT2D eigenvalue weighted by molar-refractivity contribution is -0.0442. The minimum Gasteiger partial charge on any atom is -0.377 e. The van der Waals surface area contributed by atoms with Crippen molar-refractivity contribution in [3.8, 4) is 0 Å². The average Bonchev–Trinajstić information content (AvgIpc) is 3.38. The molecule has 0 spiro atoms. The van der Waals surface area contributed by atoms with E-state index in [1.54, 1.807) is 11.3 Å². The first-order valence-corrected chi connectivity index (χ1v) is 9.74. The minimum atomic E-state index is -0.278. The number of benzene rings is 1. The number of aromatic nitrogens is 1. The molecule has 2 aliphatic heterocycles. The highest BCUT2D eigenvalue weighted by Gasteiger charge is 2.23. The number of thiazole rings is 1. The molecule has 2 saturated heterocycles. The highest BCUT2D eigenvalue weighted by atomic mass is 32.1. The summed E-state index contributed by atoms with van der Waals surface area (Å²) in [5.74, 6) is 0.